The van der Waals surface area contributed by atoms with E-state index in [4.69, 9.17) is 4.74 Å². The molecule has 0 bridgehead atoms. The van der Waals surface area contributed by atoms with Gasteiger partial charge < -0.3 is 4.74 Å². The molecule has 1 aromatic rings. The molecule has 0 aliphatic heterocycles. The van der Waals surface area contributed by atoms with Crippen molar-refractivity contribution in [3.05, 3.63) is 48.0 Å². The summed E-state index contributed by atoms with van der Waals surface area (Å²) in [7, 11) is 1.78. The third kappa shape index (κ3) is 7.71. The molecule has 4 rings (SSSR count). The second-order valence-electron chi connectivity index (χ2n) is 12.3. The Bertz CT molecular complexity index is 682. The van der Waals surface area contributed by atoms with Gasteiger partial charge in [0.1, 0.15) is 0 Å². The van der Waals surface area contributed by atoms with Crippen LogP contribution in [0.15, 0.2) is 36.9 Å². The van der Waals surface area contributed by atoms with E-state index >= 15 is 0 Å². The zero-order valence-corrected chi connectivity index (χ0v) is 22.2. The molecule has 0 spiro atoms. The van der Waals surface area contributed by atoms with E-state index in [1.54, 1.807) is 12.7 Å². The number of unbranched alkanes of at least 4 members (excludes halogenated alkanes) is 1. The highest BCUT2D eigenvalue weighted by Gasteiger charge is 2.30. The third-order valence-electron chi connectivity index (χ3n) is 10.0. The Labute approximate surface area is 211 Å². The average molecular weight is 465 g/mol. The van der Waals surface area contributed by atoms with E-state index < -0.39 is 0 Å². The minimum absolute atomic E-state index is 0.728. The van der Waals surface area contributed by atoms with Gasteiger partial charge in [-0.15, -0.1) is 6.58 Å². The molecule has 3 aliphatic carbocycles. The first kappa shape index (κ1) is 26.0. The molecule has 0 aromatic heterocycles. The SMILES string of the molecule is C=CC[C@H]1CC[C@H]([C@H]2CC[C@H](CCCC[C@H]3CC[C@H](c4ccc(COC)cc4)CC3)CC2)CC1. The Kier molecular flexibility index (Phi) is 10.6. The lowest BCUT2D eigenvalue weighted by Gasteiger charge is -2.38. The average Bonchev–Trinajstić information content (AvgIpc) is 2.89. The van der Waals surface area contributed by atoms with Gasteiger partial charge in [0.2, 0.25) is 0 Å². The normalized spacial score (nSPS) is 32.4. The molecule has 0 saturated heterocycles. The Morgan fingerprint density at radius 2 is 1.21 bits per heavy atom. The van der Waals surface area contributed by atoms with Crippen molar-refractivity contribution in [3.8, 4) is 0 Å². The van der Waals surface area contributed by atoms with Crippen LogP contribution < -0.4 is 0 Å². The first-order valence-electron chi connectivity index (χ1n) is 14.9. The Morgan fingerprint density at radius 3 is 1.71 bits per heavy atom. The van der Waals surface area contributed by atoms with E-state index in [-0.39, 0.29) is 0 Å². The molecule has 1 heteroatoms. The highest BCUT2D eigenvalue weighted by Crippen LogP contribution is 2.43. The van der Waals surface area contributed by atoms with Crippen LogP contribution in [0.1, 0.15) is 126 Å². The van der Waals surface area contributed by atoms with Gasteiger partial charge in [-0.05, 0) is 117 Å². The van der Waals surface area contributed by atoms with Crippen LogP contribution in [0, 0.1) is 29.6 Å². The van der Waals surface area contributed by atoms with Gasteiger partial charge in [-0.25, -0.2) is 0 Å². The molecule has 1 aromatic carbocycles. The van der Waals surface area contributed by atoms with E-state index in [9.17, 15) is 0 Å². The highest BCUT2D eigenvalue weighted by atomic mass is 16.5. The highest BCUT2D eigenvalue weighted by molar-refractivity contribution is 5.25. The molecule has 1 nitrogen and oxygen atoms in total. The zero-order valence-electron chi connectivity index (χ0n) is 22.2. The standard InChI is InChI=1S/C33H52O/c1-3-6-26-9-17-30(18-10-26)31-19-11-27(12-20-31)7-4-5-8-28-13-21-32(22-14-28)33-23-15-29(16-24-33)25-34-2/h3,15-16,23-24,26-28,30-32H,1,4-14,17-22,25H2,2H3/t26-,27-,28-,30-,31-,32-. The zero-order chi connectivity index (χ0) is 23.6. The second kappa shape index (κ2) is 13.9. The monoisotopic (exact) mass is 464 g/mol. The summed E-state index contributed by atoms with van der Waals surface area (Å²) < 4.78 is 5.25. The number of hydrogen-bond donors (Lipinski definition) is 0. The predicted octanol–water partition coefficient (Wildman–Crippen LogP) is 9.86. The maximum absolute atomic E-state index is 5.25. The maximum atomic E-state index is 5.25. The van der Waals surface area contributed by atoms with Gasteiger partial charge in [-0.2, -0.15) is 0 Å². The topological polar surface area (TPSA) is 9.23 Å². The first-order chi connectivity index (χ1) is 16.7. The van der Waals surface area contributed by atoms with Crippen molar-refractivity contribution in [3.63, 3.8) is 0 Å². The summed E-state index contributed by atoms with van der Waals surface area (Å²) in [5.74, 6) is 5.90. The summed E-state index contributed by atoms with van der Waals surface area (Å²) in [4.78, 5) is 0. The maximum Gasteiger partial charge on any atom is 0.0713 e. The lowest BCUT2D eigenvalue weighted by atomic mass is 9.68. The van der Waals surface area contributed by atoms with Crippen molar-refractivity contribution in [1.29, 1.82) is 0 Å². The van der Waals surface area contributed by atoms with Crippen LogP contribution in [0.2, 0.25) is 0 Å². The largest absolute Gasteiger partial charge is 0.380 e. The number of allylic oxidation sites excluding steroid dienone is 1. The molecular weight excluding hydrogens is 412 g/mol. The second-order valence-corrected chi connectivity index (χ2v) is 12.3. The molecule has 0 atom stereocenters. The Hall–Kier alpha value is -1.08. The van der Waals surface area contributed by atoms with E-state index in [1.165, 1.54) is 115 Å². The van der Waals surface area contributed by atoms with E-state index in [0.717, 1.165) is 42.1 Å². The number of ether oxygens (including phenoxy) is 1. The van der Waals surface area contributed by atoms with Gasteiger partial charge in [0.15, 0.2) is 0 Å². The molecule has 3 fully saturated rings. The molecule has 0 heterocycles. The summed E-state index contributed by atoms with van der Waals surface area (Å²) in [5, 5.41) is 0. The van der Waals surface area contributed by atoms with Crippen molar-refractivity contribution in [2.45, 2.75) is 122 Å². The molecule has 0 radical (unpaired) electrons. The van der Waals surface area contributed by atoms with E-state index in [1.807, 2.05) is 0 Å². The van der Waals surface area contributed by atoms with Gasteiger partial charge >= 0.3 is 0 Å². The van der Waals surface area contributed by atoms with Crippen LogP contribution in [0.25, 0.3) is 0 Å². The fraction of sp³-hybridized carbons (Fsp3) is 0.758. The lowest BCUT2D eigenvalue weighted by Crippen LogP contribution is -2.25. The molecule has 3 aliphatic rings. The van der Waals surface area contributed by atoms with Crippen molar-refractivity contribution in [2.75, 3.05) is 7.11 Å². The van der Waals surface area contributed by atoms with E-state index in [0.29, 0.717) is 0 Å². The van der Waals surface area contributed by atoms with Crippen LogP contribution in [0.5, 0.6) is 0 Å². The summed E-state index contributed by atoms with van der Waals surface area (Å²) in [5.41, 5.74) is 2.85. The van der Waals surface area contributed by atoms with Crippen molar-refractivity contribution in [2.24, 2.45) is 29.6 Å². The summed E-state index contributed by atoms with van der Waals surface area (Å²) in [6.07, 6.45) is 27.2. The van der Waals surface area contributed by atoms with Crippen molar-refractivity contribution in [1.82, 2.24) is 0 Å². The van der Waals surface area contributed by atoms with Gasteiger partial charge in [0, 0.05) is 7.11 Å². The summed E-state index contributed by atoms with van der Waals surface area (Å²) in [6, 6.07) is 9.21. The van der Waals surface area contributed by atoms with Crippen molar-refractivity contribution < 1.29 is 4.74 Å². The van der Waals surface area contributed by atoms with E-state index in [2.05, 4.69) is 36.9 Å². The summed E-state index contributed by atoms with van der Waals surface area (Å²) >= 11 is 0. The number of hydrogen-bond acceptors (Lipinski definition) is 1. The van der Waals surface area contributed by atoms with Crippen LogP contribution in [-0.2, 0) is 11.3 Å². The molecule has 3 saturated carbocycles. The predicted molar refractivity (Wildman–Crippen MR) is 146 cm³/mol. The lowest BCUT2D eigenvalue weighted by molar-refractivity contribution is 0.143. The number of methoxy groups -OCH3 is 1. The third-order valence-corrected chi connectivity index (χ3v) is 10.0. The smallest absolute Gasteiger partial charge is 0.0713 e. The van der Waals surface area contributed by atoms with Crippen LogP contribution >= 0.6 is 0 Å². The van der Waals surface area contributed by atoms with Gasteiger partial charge in [0.25, 0.3) is 0 Å². The minimum Gasteiger partial charge on any atom is -0.380 e. The van der Waals surface area contributed by atoms with Gasteiger partial charge in [-0.1, -0.05) is 68.9 Å². The molecular formula is C33H52O. The Balaban J connectivity index is 1.05. The van der Waals surface area contributed by atoms with Gasteiger partial charge in [0.05, 0.1) is 6.61 Å². The van der Waals surface area contributed by atoms with Crippen LogP contribution in [0.4, 0.5) is 0 Å². The van der Waals surface area contributed by atoms with Crippen LogP contribution in [0.3, 0.4) is 0 Å². The van der Waals surface area contributed by atoms with Crippen LogP contribution in [-0.4, -0.2) is 7.11 Å². The number of benzene rings is 1. The minimum atomic E-state index is 0.728. The molecule has 0 unspecified atom stereocenters. The molecule has 190 valence electrons. The molecule has 0 amide bonds. The van der Waals surface area contributed by atoms with Crippen molar-refractivity contribution >= 4 is 0 Å². The van der Waals surface area contributed by atoms with Gasteiger partial charge in [-0.3, -0.25) is 0 Å². The fourth-order valence-corrected chi connectivity index (χ4v) is 7.78. The fourth-order valence-electron chi connectivity index (χ4n) is 7.78. The summed E-state index contributed by atoms with van der Waals surface area (Å²) in [6.45, 7) is 4.68. The molecule has 0 N–H and O–H groups in total. The quantitative estimate of drug-likeness (QED) is 0.234. The first-order valence-corrected chi connectivity index (χ1v) is 14.9. The number of rotatable bonds is 11. The Morgan fingerprint density at radius 1 is 0.706 bits per heavy atom. The molecule has 34 heavy (non-hydrogen) atoms.